The first-order valence-corrected chi connectivity index (χ1v) is 24.3. The maximum absolute atomic E-state index is 10.3. The Balaban J connectivity index is 1.36. The van der Waals surface area contributed by atoms with Crippen LogP contribution in [0.1, 0.15) is 16.7 Å². The monoisotopic (exact) mass is 926 g/mol. The molecular formula is C67H38N6. The van der Waals surface area contributed by atoms with Gasteiger partial charge in [-0.3, -0.25) is 0 Å². The number of nitrogens with zero attached hydrogens (tertiary/aromatic N) is 6. The molecule has 0 aliphatic rings. The van der Waals surface area contributed by atoms with Gasteiger partial charge >= 0.3 is 0 Å². The molecule has 6 heteroatoms. The Morgan fingerprint density at radius 3 is 0.822 bits per heavy atom. The summed E-state index contributed by atoms with van der Waals surface area (Å²) in [4.78, 5) is 0. The van der Waals surface area contributed by atoms with Gasteiger partial charge in [-0.25, -0.2) is 0 Å². The molecule has 0 aliphatic heterocycles. The first-order valence-electron chi connectivity index (χ1n) is 24.3. The standard InChI is InChI=1S/C67H38N6/c68-39-42-25-31-45(32-26-42)62-65(71-56-20-8-3-15-50(56)51-16-4-9-21-57(51)71)63(46-33-27-43(40-69)28-34-46)67(73-60-24-12-7-19-54(60)55-37-48-13-1-2-14-49(48)38-61(55)73)64(47-35-29-44(41-70)30-36-47)66(62)72-58-22-10-5-17-52(58)53-18-6-11-23-59(53)72/h1-38H. The van der Waals surface area contributed by atoms with Crippen molar-refractivity contribution in [2.75, 3.05) is 0 Å². The van der Waals surface area contributed by atoms with Gasteiger partial charge in [-0.15, -0.1) is 0 Å². The number of benzene rings is 11. The molecule has 11 aromatic carbocycles. The van der Waals surface area contributed by atoms with Crippen molar-refractivity contribution in [3.05, 3.63) is 247 Å². The molecule has 0 radical (unpaired) electrons. The number of aromatic nitrogens is 3. The second-order valence-electron chi connectivity index (χ2n) is 18.5. The highest BCUT2D eigenvalue weighted by Gasteiger charge is 2.34. The van der Waals surface area contributed by atoms with Gasteiger partial charge < -0.3 is 13.7 Å². The van der Waals surface area contributed by atoms with Gasteiger partial charge in [0.25, 0.3) is 0 Å². The summed E-state index contributed by atoms with van der Waals surface area (Å²) in [5, 5.41) is 39.9. The van der Waals surface area contributed by atoms with Gasteiger partial charge in [0.2, 0.25) is 0 Å². The molecule has 0 bridgehead atoms. The molecule has 0 spiro atoms. The van der Waals surface area contributed by atoms with E-state index in [1.54, 1.807) is 0 Å². The van der Waals surface area contributed by atoms with Crippen LogP contribution in [0, 0.1) is 34.0 Å². The highest BCUT2D eigenvalue weighted by Crippen LogP contribution is 2.55. The zero-order valence-electron chi connectivity index (χ0n) is 39.1. The lowest BCUT2D eigenvalue weighted by molar-refractivity contribution is 1.10. The van der Waals surface area contributed by atoms with Crippen LogP contribution in [-0.2, 0) is 0 Å². The third kappa shape index (κ3) is 6.21. The molecular weight excluding hydrogens is 889 g/mol. The molecule has 73 heavy (non-hydrogen) atoms. The fraction of sp³-hybridized carbons (Fsp3) is 0. The maximum Gasteiger partial charge on any atom is 0.0991 e. The Hall–Kier alpha value is -10.5. The Labute approximate surface area is 419 Å². The van der Waals surface area contributed by atoms with Crippen LogP contribution in [0.15, 0.2) is 231 Å². The molecule has 3 aromatic heterocycles. The van der Waals surface area contributed by atoms with E-state index in [1.807, 2.05) is 36.4 Å². The third-order valence-corrected chi connectivity index (χ3v) is 14.7. The number of hydrogen-bond acceptors (Lipinski definition) is 3. The summed E-state index contributed by atoms with van der Waals surface area (Å²) in [6.45, 7) is 0. The summed E-state index contributed by atoms with van der Waals surface area (Å²) in [7, 11) is 0. The molecule has 0 N–H and O–H groups in total. The van der Waals surface area contributed by atoms with Crippen LogP contribution < -0.4 is 0 Å². The lowest BCUT2D eigenvalue weighted by Gasteiger charge is -2.31. The van der Waals surface area contributed by atoms with Crippen molar-refractivity contribution in [2.45, 2.75) is 0 Å². The normalized spacial score (nSPS) is 11.5. The fourth-order valence-corrected chi connectivity index (χ4v) is 11.6. The van der Waals surface area contributed by atoms with Crippen molar-refractivity contribution >= 4 is 76.2 Å². The van der Waals surface area contributed by atoms with Crippen molar-refractivity contribution in [3.8, 4) is 68.7 Å². The lowest BCUT2D eigenvalue weighted by Crippen LogP contribution is -2.13. The summed E-state index contributed by atoms with van der Waals surface area (Å²) in [5.41, 5.74) is 16.0. The van der Waals surface area contributed by atoms with Gasteiger partial charge in [0, 0.05) is 49.0 Å². The van der Waals surface area contributed by atoms with Gasteiger partial charge in [-0.05, 0) is 106 Å². The van der Waals surface area contributed by atoms with Gasteiger partial charge in [0.15, 0.2) is 0 Å². The lowest BCUT2D eigenvalue weighted by atomic mass is 9.85. The minimum atomic E-state index is 0.550. The van der Waals surface area contributed by atoms with Crippen molar-refractivity contribution in [1.82, 2.24) is 13.7 Å². The second kappa shape index (κ2) is 16.3. The van der Waals surface area contributed by atoms with E-state index in [1.165, 1.54) is 0 Å². The average molecular weight is 927 g/mol. The fourth-order valence-electron chi connectivity index (χ4n) is 11.6. The van der Waals surface area contributed by atoms with Crippen molar-refractivity contribution in [2.24, 2.45) is 0 Å². The van der Waals surface area contributed by atoms with Crippen LogP contribution in [0.4, 0.5) is 0 Å². The Morgan fingerprint density at radius 2 is 0.507 bits per heavy atom. The number of hydrogen-bond donors (Lipinski definition) is 0. The molecule has 0 saturated carbocycles. The summed E-state index contributed by atoms with van der Waals surface area (Å²) in [6.07, 6.45) is 0. The van der Waals surface area contributed by atoms with E-state index in [9.17, 15) is 15.8 Å². The average Bonchev–Trinajstić information content (AvgIpc) is 4.09. The molecule has 0 unspecified atom stereocenters. The Bertz CT molecular complexity index is 4430. The Kier molecular flexibility index (Phi) is 9.29. The van der Waals surface area contributed by atoms with Gasteiger partial charge in [0.05, 0.1) is 85.1 Å². The molecule has 14 rings (SSSR count). The van der Waals surface area contributed by atoms with Crippen molar-refractivity contribution < 1.29 is 0 Å². The molecule has 336 valence electrons. The molecule has 3 heterocycles. The van der Waals surface area contributed by atoms with Gasteiger partial charge in [-0.1, -0.05) is 152 Å². The molecule has 0 aliphatic carbocycles. The molecule has 0 amide bonds. The van der Waals surface area contributed by atoms with Crippen LogP contribution in [0.5, 0.6) is 0 Å². The van der Waals surface area contributed by atoms with Crippen LogP contribution in [0.25, 0.3) is 127 Å². The van der Waals surface area contributed by atoms with E-state index in [0.717, 1.165) is 127 Å². The molecule has 0 saturated heterocycles. The van der Waals surface area contributed by atoms with Crippen LogP contribution in [0.2, 0.25) is 0 Å². The topological polar surface area (TPSA) is 86.2 Å². The van der Waals surface area contributed by atoms with Crippen LogP contribution in [-0.4, -0.2) is 13.7 Å². The molecule has 14 aromatic rings. The minimum absolute atomic E-state index is 0.550. The first-order chi connectivity index (χ1) is 36.1. The van der Waals surface area contributed by atoms with Crippen LogP contribution in [0.3, 0.4) is 0 Å². The zero-order chi connectivity index (χ0) is 48.7. The number of fused-ring (bicyclic) bond motifs is 10. The minimum Gasteiger partial charge on any atom is -0.308 e. The second-order valence-corrected chi connectivity index (χ2v) is 18.5. The Morgan fingerprint density at radius 1 is 0.247 bits per heavy atom. The van der Waals surface area contributed by atoms with Gasteiger partial charge in [-0.2, -0.15) is 15.8 Å². The van der Waals surface area contributed by atoms with E-state index in [-0.39, 0.29) is 0 Å². The number of rotatable bonds is 6. The van der Waals surface area contributed by atoms with Crippen molar-refractivity contribution in [3.63, 3.8) is 0 Å². The van der Waals surface area contributed by atoms with E-state index < -0.39 is 0 Å². The van der Waals surface area contributed by atoms with E-state index in [0.29, 0.717) is 16.7 Å². The predicted molar refractivity (Wildman–Crippen MR) is 297 cm³/mol. The number of para-hydroxylation sites is 5. The predicted octanol–water partition coefficient (Wildman–Crippen LogP) is 16.7. The van der Waals surface area contributed by atoms with E-state index in [2.05, 4.69) is 226 Å². The highest BCUT2D eigenvalue weighted by molar-refractivity contribution is 6.19. The smallest absolute Gasteiger partial charge is 0.0991 e. The summed E-state index contributed by atoms with van der Waals surface area (Å²) >= 11 is 0. The molecule has 0 atom stereocenters. The maximum atomic E-state index is 10.3. The number of nitriles is 3. The SMILES string of the molecule is N#Cc1ccc(-c2c(-n3c4ccccc4c4ccccc43)c(-c3ccc(C#N)cc3)c(-n3c4ccccc4c4cc5ccccc5cc43)c(-c3ccc(C#N)cc3)c2-n2c3ccccc3c3ccccc32)cc1. The first kappa shape index (κ1) is 41.5. The highest BCUT2D eigenvalue weighted by atomic mass is 15.1. The largest absolute Gasteiger partial charge is 0.308 e. The van der Waals surface area contributed by atoms with E-state index in [4.69, 9.17) is 0 Å². The third-order valence-electron chi connectivity index (χ3n) is 14.7. The summed E-state index contributed by atoms with van der Waals surface area (Å²) < 4.78 is 7.35. The molecule has 6 nitrogen and oxygen atoms in total. The summed E-state index contributed by atoms with van der Waals surface area (Å²) in [5.74, 6) is 0. The van der Waals surface area contributed by atoms with Crippen molar-refractivity contribution in [1.29, 1.82) is 15.8 Å². The van der Waals surface area contributed by atoms with Crippen LogP contribution >= 0.6 is 0 Å². The molecule has 0 fully saturated rings. The zero-order valence-corrected chi connectivity index (χ0v) is 39.1. The van der Waals surface area contributed by atoms with E-state index >= 15 is 0 Å². The summed E-state index contributed by atoms with van der Waals surface area (Å²) in [6, 6.07) is 87.6. The van der Waals surface area contributed by atoms with Gasteiger partial charge in [0.1, 0.15) is 0 Å². The quantitative estimate of drug-likeness (QED) is 0.166.